The molecule has 126 valence electrons. The number of hydrogen-bond donors (Lipinski definition) is 1. The predicted octanol–water partition coefficient (Wildman–Crippen LogP) is 5.85. The molecule has 0 fully saturated rings. The fourth-order valence-electron chi connectivity index (χ4n) is 2.87. The SMILES string of the molecule is CC[C@@H]1C(C(=O)O)=NN(c2ccc(Cl)cc2Cl)[C@H]1c1ccc(Br)s1. The lowest BCUT2D eigenvalue weighted by Crippen LogP contribution is -2.27. The average molecular weight is 448 g/mol. The van der Waals surface area contributed by atoms with E-state index in [0.29, 0.717) is 22.2 Å². The smallest absolute Gasteiger partial charge is 0.352 e. The van der Waals surface area contributed by atoms with Crippen LogP contribution in [0.2, 0.25) is 10.0 Å². The van der Waals surface area contributed by atoms with Gasteiger partial charge in [-0.15, -0.1) is 11.3 Å². The maximum Gasteiger partial charge on any atom is 0.352 e. The summed E-state index contributed by atoms with van der Waals surface area (Å²) in [6.07, 6.45) is 0.660. The van der Waals surface area contributed by atoms with E-state index in [1.54, 1.807) is 34.5 Å². The van der Waals surface area contributed by atoms with Crippen LogP contribution in [0.1, 0.15) is 24.3 Å². The first-order chi connectivity index (χ1) is 11.4. The van der Waals surface area contributed by atoms with E-state index < -0.39 is 5.97 Å². The van der Waals surface area contributed by atoms with Gasteiger partial charge in [0.15, 0.2) is 5.71 Å². The third-order valence-electron chi connectivity index (χ3n) is 3.91. The number of anilines is 1. The van der Waals surface area contributed by atoms with E-state index in [1.807, 2.05) is 19.1 Å². The van der Waals surface area contributed by atoms with E-state index in [9.17, 15) is 9.90 Å². The van der Waals surface area contributed by atoms with Crippen LogP contribution in [0.3, 0.4) is 0 Å². The Morgan fingerprint density at radius 3 is 2.67 bits per heavy atom. The van der Waals surface area contributed by atoms with Crippen LogP contribution < -0.4 is 5.01 Å². The van der Waals surface area contributed by atoms with Gasteiger partial charge in [-0.05, 0) is 52.7 Å². The van der Waals surface area contributed by atoms with Crippen LogP contribution in [0, 0.1) is 5.92 Å². The summed E-state index contributed by atoms with van der Waals surface area (Å²) < 4.78 is 0.985. The molecule has 1 aromatic carbocycles. The fraction of sp³-hybridized carbons (Fsp3) is 0.250. The maximum atomic E-state index is 11.7. The van der Waals surface area contributed by atoms with Gasteiger partial charge in [0.1, 0.15) is 0 Å². The van der Waals surface area contributed by atoms with Gasteiger partial charge in [-0.1, -0.05) is 30.1 Å². The highest BCUT2D eigenvalue weighted by molar-refractivity contribution is 9.11. The molecule has 4 nitrogen and oxygen atoms in total. The quantitative estimate of drug-likeness (QED) is 0.639. The lowest BCUT2D eigenvalue weighted by Gasteiger charge is -2.27. The van der Waals surface area contributed by atoms with Crippen LogP contribution in [-0.2, 0) is 4.79 Å². The van der Waals surface area contributed by atoms with Crippen molar-refractivity contribution in [1.82, 2.24) is 0 Å². The molecule has 0 saturated heterocycles. The van der Waals surface area contributed by atoms with E-state index >= 15 is 0 Å². The molecule has 0 amide bonds. The van der Waals surface area contributed by atoms with Crippen molar-refractivity contribution in [3.63, 3.8) is 0 Å². The molecule has 1 aromatic heterocycles. The van der Waals surface area contributed by atoms with E-state index in [0.717, 1.165) is 8.66 Å². The zero-order chi connectivity index (χ0) is 17.4. The average Bonchev–Trinajstić information content (AvgIpc) is 3.10. The highest BCUT2D eigenvalue weighted by atomic mass is 79.9. The number of benzene rings is 1. The number of halogens is 3. The molecule has 3 rings (SSSR count). The van der Waals surface area contributed by atoms with Gasteiger partial charge in [-0.2, -0.15) is 5.10 Å². The van der Waals surface area contributed by atoms with Crippen LogP contribution in [0.25, 0.3) is 0 Å². The molecule has 1 aliphatic heterocycles. The first-order valence-corrected chi connectivity index (χ1v) is 9.60. The fourth-order valence-corrected chi connectivity index (χ4v) is 4.94. The van der Waals surface area contributed by atoms with Gasteiger partial charge in [-0.25, -0.2) is 4.79 Å². The molecule has 2 aromatic rings. The number of hydrazone groups is 1. The monoisotopic (exact) mass is 446 g/mol. The summed E-state index contributed by atoms with van der Waals surface area (Å²) in [6, 6.07) is 8.85. The summed E-state index contributed by atoms with van der Waals surface area (Å²) in [7, 11) is 0. The second kappa shape index (κ2) is 7.04. The van der Waals surface area contributed by atoms with Crippen LogP contribution in [0.5, 0.6) is 0 Å². The summed E-state index contributed by atoms with van der Waals surface area (Å²) in [5.74, 6) is -1.23. The molecule has 8 heteroatoms. The molecule has 0 radical (unpaired) electrons. The second-order valence-electron chi connectivity index (χ2n) is 5.33. The Morgan fingerprint density at radius 2 is 2.12 bits per heavy atom. The number of aliphatic carboxylic acids is 1. The Morgan fingerprint density at radius 1 is 1.38 bits per heavy atom. The molecule has 24 heavy (non-hydrogen) atoms. The summed E-state index contributed by atoms with van der Waals surface area (Å²) in [5, 5.41) is 16.6. The Balaban J connectivity index is 2.13. The van der Waals surface area contributed by atoms with E-state index in [4.69, 9.17) is 23.2 Å². The molecular formula is C16H13BrCl2N2O2S. The van der Waals surface area contributed by atoms with Gasteiger partial charge in [0, 0.05) is 15.8 Å². The zero-order valence-electron chi connectivity index (χ0n) is 12.5. The topological polar surface area (TPSA) is 52.9 Å². The second-order valence-corrected chi connectivity index (χ2v) is 8.67. The molecule has 1 aliphatic rings. The molecule has 0 spiro atoms. The van der Waals surface area contributed by atoms with Gasteiger partial charge >= 0.3 is 5.97 Å². The molecule has 0 bridgehead atoms. The normalized spacial score (nSPS) is 20.3. The van der Waals surface area contributed by atoms with E-state index in [-0.39, 0.29) is 17.7 Å². The molecule has 2 atom stereocenters. The van der Waals surface area contributed by atoms with Gasteiger partial charge in [0.05, 0.1) is 20.5 Å². The van der Waals surface area contributed by atoms with Crippen molar-refractivity contribution >= 4 is 67.8 Å². The van der Waals surface area contributed by atoms with Crippen molar-refractivity contribution in [2.75, 3.05) is 5.01 Å². The number of hydrogen-bond acceptors (Lipinski definition) is 4. The van der Waals surface area contributed by atoms with Gasteiger partial charge in [0.2, 0.25) is 0 Å². The number of carboxylic acid groups (broad SMARTS) is 1. The number of carboxylic acids is 1. The van der Waals surface area contributed by atoms with Crippen molar-refractivity contribution in [1.29, 1.82) is 0 Å². The largest absolute Gasteiger partial charge is 0.477 e. The molecule has 0 aliphatic carbocycles. The Bertz CT molecular complexity index is 824. The summed E-state index contributed by atoms with van der Waals surface area (Å²) in [4.78, 5) is 12.7. The standard InChI is InChI=1S/C16H13BrCl2N2O2S/c1-2-9-14(16(22)23)20-21(11-4-3-8(18)7-10(11)19)15(9)12-5-6-13(17)24-12/h3-7,9,15H,2H2,1H3,(H,22,23)/t9-,15-/m1/s1. The summed E-state index contributed by atoms with van der Waals surface area (Å²) in [5.41, 5.74) is 0.795. The molecule has 1 N–H and O–H groups in total. The maximum absolute atomic E-state index is 11.7. The first-order valence-electron chi connectivity index (χ1n) is 7.23. The Labute approximate surface area is 161 Å². The van der Waals surface area contributed by atoms with Crippen molar-refractivity contribution in [3.8, 4) is 0 Å². The molecule has 2 heterocycles. The number of rotatable bonds is 4. The minimum Gasteiger partial charge on any atom is -0.477 e. The molecule has 0 saturated carbocycles. The van der Waals surface area contributed by atoms with E-state index in [2.05, 4.69) is 21.0 Å². The molecule has 0 unspecified atom stereocenters. The van der Waals surface area contributed by atoms with Crippen LogP contribution in [-0.4, -0.2) is 16.8 Å². The highest BCUT2D eigenvalue weighted by Gasteiger charge is 2.42. The summed E-state index contributed by atoms with van der Waals surface area (Å²) in [6.45, 7) is 1.96. The van der Waals surface area contributed by atoms with Crippen LogP contribution in [0.4, 0.5) is 5.69 Å². The van der Waals surface area contributed by atoms with Gasteiger partial charge < -0.3 is 5.11 Å². The minimum atomic E-state index is -1.00. The number of nitrogens with zero attached hydrogens (tertiary/aromatic N) is 2. The lowest BCUT2D eigenvalue weighted by atomic mass is 9.91. The Kier molecular flexibility index (Phi) is 5.20. The Hall–Kier alpha value is -1.08. The third-order valence-corrected chi connectivity index (χ3v) is 6.14. The van der Waals surface area contributed by atoms with Crippen molar-refractivity contribution in [2.24, 2.45) is 11.0 Å². The van der Waals surface area contributed by atoms with Crippen LogP contribution in [0.15, 0.2) is 39.2 Å². The van der Waals surface area contributed by atoms with Crippen molar-refractivity contribution in [2.45, 2.75) is 19.4 Å². The third kappa shape index (κ3) is 3.20. The van der Waals surface area contributed by atoms with Gasteiger partial charge in [0.25, 0.3) is 0 Å². The first kappa shape index (κ1) is 17.7. The van der Waals surface area contributed by atoms with Crippen molar-refractivity contribution in [3.05, 3.63) is 49.0 Å². The summed E-state index contributed by atoms with van der Waals surface area (Å²) >= 11 is 17.3. The van der Waals surface area contributed by atoms with E-state index in [1.165, 1.54) is 0 Å². The number of carbonyl (C=O) groups is 1. The molecular weight excluding hydrogens is 435 g/mol. The van der Waals surface area contributed by atoms with Crippen molar-refractivity contribution < 1.29 is 9.90 Å². The predicted molar refractivity (Wildman–Crippen MR) is 103 cm³/mol. The highest BCUT2D eigenvalue weighted by Crippen LogP contribution is 2.45. The van der Waals surface area contributed by atoms with Gasteiger partial charge in [-0.3, -0.25) is 5.01 Å². The minimum absolute atomic E-state index is 0.151. The number of thiophene rings is 1. The zero-order valence-corrected chi connectivity index (χ0v) is 16.5. The lowest BCUT2D eigenvalue weighted by molar-refractivity contribution is -0.129. The van der Waals surface area contributed by atoms with Crippen LogP contribution >= 0.6 is 50.5 Å².